The minimum atomic E-state index is -0.616. The number of amides is 2. The van der Waals surface area contributed by atoms with E-state index in [2.05, 4.69) is 23.8 Å². The molecule has 12 nitrogen and oxygen atoms in total. The van der Waals surface area contributed by atoms with Crippen LogP contribution in [0.25, 0.3) is 0 Å². The van der Waals surface area contributed by atoms with Gasteiger partial charge in [-0.3, -0.25) is 0 Å². The minimum Gasteiger partial charge on any atom is -0.460 e. The van der Waals surface area contributed by atoms with E-state index < -0.39 is 24.1 Å². The molecule has 12 heteroatoms. The van der Waals surface area contributed by atoms with E-state index in [-0.39, 0.29) is 50.7 Å². The van der Waals surface area contributed by atoms with Gasteiger partial charge in [0.15, 0.2) is 0 Å². The van der Waals surface area contributed by atoms with E-state index in [1.54, 1.807) is 27.9 Å². The van der Waals surface area contributed by atoms with Gasteiger partial charge in [0, 0.05) is 11.1 Å². The maximum Gasteiger partial charge on any atom is 0.407 e. The highest BCUT2D eigenvalue weighted by molar-refractivity contribution is 5.87. The molecule has 1 rings (SSSR count). The fourth-order valence-corrected chi connectivity index (χ4v) is 2.13. The minimum absolute atomic E-state index is 0.0287. The van der Waals surface area contributed by atoms with E-state index in [4.69, 9.17) is 18.9 Å². The molecule has 33 heavy (non-hydrogen) atoms. The molecule has 0 radical (unpaired) electrons. The topological polar surface area (TPSA) is 138 Å². The number of nitrogens with zero attached hydrogens (tertiary/aromatic N) is 2. The van der Waals surface area contributed by atoms with E-state index in [0.29, 0.717) is 13.1 Å². The Morgan fingerprint density at radius 2 is 1.33 bits per heavy atom. The van der Waals surface area contributed by atoms with E-state index >= 15 is 0 Å². The number of nitrogens with one attached hydrogen (secondary N) is 2. The summed E-state index contributed by atoms with van der Waals surface area (Å²) < 4.78 is 23.4. The molecule has 0 aromatic carbocycles. The Bertz CT molecular complexity index is 783. The third-order valence-corrected chi connectivity index (χ3v) is 3.82. The molecule has 1 heterocycles. The number of hydrogen-bond donors (Lipinski definition) is 2. The van der Waals surface area contributed by atoms with Crippen LogP contribution in [0, 0.1) is 0 Å². The van der Waals surface area contributed by atoms with Gasteiger partial charge in [0.05, 0.1) is 13.1 Å². The third-order valence-electron chi connectivity index (χ3n) is 3.82. The highest BCUT2D eigenvalue weighted by Crippen LogP contribution is 1.92. The molecule has 0 aliphatic carbocycles. The van der Waals surface area contributed by atoms with E-state index in [1.165, 1.54) is 13.8 Å². The molecular weight excluding hydrogens is 436 g/mol. The van der Waals surface area contributed by atoms with Crippen molar-refractivity contribution in [2.45, 2.75) is 26.9 Å². The van der Waals surface area contributed by atoms with Gasteiger partial charge in [0.25, 0.3) is 0 Å². The smallest absolute Gasteiger partial charge is 0.407 e. The molecule has 1 aromatic rings. The predicted octanol–water partition coefficient (Wildman–Crippen LogP) is 0.467. The van der Waals surface area contributed by atoms with Gasteiger partial charge in [-0.15, -0.1) is 0 Å². The number of aromatic nitrogens is 2. The molecule has 2 amide bonds. The first-order valence-corrected chi connectivity index (χ1v) is 10.2. The first kappa shape index (κ1) is 27.2. The maximum absolute atomic E-state index is 11.6. The fourth-order valence-electron chi connectivity index (χ4n) is 2.13. The summed E-state index contributed by atoms with van der Waals surface area (Å²) in [5.41, 5.74) is 0.574. The van der Waals surface area contributed by atoms with Crippen LogP contribution in [-0.4, -0.2) is 68.2 Å². The van der Waals surface area contributed by atoms with Crippen LogP contribution in [0.2, 0.25) is 0 Å². The van der Waals surface area contributed by atoms with Gasteiger partial charge in [-0.1, -0.05) is 13.2 Å². The molecule has 182 valence electrons. The van der Waals surface area contributed by atoms with Gasteiger partial charge in [-0.2, -0.15) is 0 Å². The van der Waals surface area contributed by atoms with E-state index in [0.717, 1.165) is 0 Å². The second kappa shape index (κ2) is 15.1. The summed E-state index contributed by atoms with van der Waals surface area (Å²) in [6, 6.07) is 0. The summed E-state index contributed by atoms with van der Waals surface area (Å²) >= 11 is 0. The first-order valence-electron chi connectivity index (χ1n) is 10.2. The zero-order valence-electron chi connectivity index (χ0n) is 19.0. The van der Waals surface area contributed by atoms with Crippen molar-refractivity contribution in [3.63, 3.8) is 0 Å². The molecule has 1 aromatic heterocycles. The fraction of sp³-hybridized carbons (Fsp3) is 0.476. The van der Waals surface area contributed by atoms with Gasteiger partial charge in [-0.05, 0) is 13.8 Å². The lowest BCUT2D eigenvalue weighted by Gasteiger charge is -2.07. The Kier molecular flexibility index (Phi) is 12.4. The lowest BCUT2D eigenvalue weighted by molar-refractivity contribution is -0.697. The van der Waals surface area contributed by atoms with Crippen LogP contribution in [0.5, 0.6) is 0 Å². The Hall–Kier alpha value is -3.83. The summed E-state index contributed by atoms with van der Waals surface area (Å²) in [7, 11) is 0. The number of carbonyl (C=O) groups is 4. The van der Waals surface area contributed by atoms with Crippen LogP contribution in [0.3, 0.4) is 0 Å². The van der Waals surface area contributed by atoms with Crippen molar-refractivity contribution in [2.24, 2.45) is 0 Å². The third kappa shape index (κ3) is 12.6. The molecule has 0 unspecified atom stereocenters. The van der Waals surface area contributed by atoms with Crippen molar-refractivity contribution < 1.29 is 42.7 Å². The van der Waals surface area contributed by atoms with E-state index in [1.807, 2.05) is 0 Å². The molecule has 0 fully saturated rings. The van der Waals surface area contributed by atoms with Gasteiger partial charge >= 0.3 is 24.1 Å². The van der Waals surface area contributed by atoms with Crippen LogP contribution < -0.4 is 15.2 Å². The summed E-state index contributed by atoms with van der Waals surface area (Å²) in [6.07, 6.45) is 4.12. The summed E-state index contributed by atoms with van der Waals surface area (Å²) in [5, 5.41) is 4.94. The number of esters is 2. The highest BCUT2D eigenvalue weighted by Gasteiger charge is 2.09. The average molecular weight is 467 g/mol. The standard InChI is InChI=1S/C21H30N4O8/c1-16(2)18(26)30-11-5-22-20(28)32-13-9-24-7-8-25(15-24)10-14-33-21(29)23-6-12-31-19(27)17(3)4/h7-8,15H,1,3,5-6,9-14H2,2,4H3,(H-,22,23,28,29)/p+1. The second-order valence-corrected chi connectivity index (χ2v) is 6.85. The molecule has 2 N–H and O–H groups in total. The van der Waals surface area contributed by atoms with Crippen LogP contribution in [0.4, 0.5) is 9.59 Å². The molecular formula is C21H31N4O8+. The Balaban J connectivity index is 2.11. The highest BCUT2D eigenvalue weighted by atomic mass is 16.6. The summed E-state index contributed by atoms with van der Waals surface area (Å²) in [5.74, 6) is -1.03. The molecule has 0 bridgehead atoms. The van der Waals surface area contributed by atoms with Crippen molar-refractivity contribution >= 4 is 24.1 Å². The Morgan fingerprint density at radius 1 is 0.818 bits per heavy atom. The zero-order chi connectivity index (χ0) is 24.6. The van der Waals surface area contributed by atoms with Crippen LogP contribution in [0.15, 0.2) is 43.0 Å². The van der Waals surface area contributed by atoms with Crippen molar-refractivity contribution in [3.8, 4) is 0 Å². The normalized spacial score (nSPS) is 10.0. The molecule has 0 saturated carbocycles. The number of alkyl carbamates (subject to hydrolysis) is 2. The maximum atomic E-state index is 11.6. The molecule has 0 atom stereocenters. The van der Waals surface area contributed by atoms with Crippen LogP contribution >= 0.6 is 0 Å². The van der Waals surface area contributed by atoms with Gasteiger partial charge in [0.1, 0.15) is 51.9 Å². The Labute approximate surface area is 192 Å². The van der Waals surface area contributed by atoms with Crippen molar-refractivity contribution in [3.05, 3.63) is 43.0 Å². The van der Waals surface area contributed by atoms with Crippen molar-refractivity contribution in [1.29, 1.82) is 0 Å². The largest absolute Gasteiger partial charge is 0.460 e. The Morgan fingerprint density at radius 3 is 1.85 bits per heavy atom. The average Bonchev–Trinajstić information content (AvgIpc) is 3.21. The molecule has 0 spiro atoms. The van der Waals surface area contributed by atoms with Crippen LogP contribution in [-0.2, 0) is 41.6 Å². The quantitative estimate of drug-likeness (QED) is 0.132. The number of ether oxygens (including phenoxy) is 4. The van der Waals surface area contributed by atoms with Gasteiger partial charge < -0.3 is 29.6 Å². The first-order chi connectivity index (χ1) is 15.7. The predicted molar refractivity (Wildman–Crippen MR) is 115 cm³/mol. The molecule has 0 aliphatic heterocycles. The second-order valence-electron chi connectivity index (χ2n) is 6.85. The summed E-state index contributed by atoms with van der Waals surface area (Å²) in [6.45, 7) is 11.4. The van der Waals surface area contributed by atoms with Crippen molar-refractivity contribution in [2.75, 3.05) is 39.5 Å². The van der Waals surface area contributed by atoms with Gasteiger partial charge in [0.2, 0.25) is 6.33 Å². The SMILES string of the molecule is C=C(C)C(=O)OCCNC(=O)OCCn1cc[n+](CCOC(=O)NCCOC(=O)C(=C)C)c1. The lowest BCUT2D eigenvalue weighted by Crippen LogP contribution is -2.36. The number of hydrogen-bond acceptors (Lipinski definition) is 8. The monoisotopic (exact) mass is 467 g/mol. The van der Waals surface area contributed by atoms with Gasteiger partial charge in [-0.25, -0.2) is 28.3 Å². The lowest BCUT2D eigenvalue weighted by atomic mass is 10.4. The number of rotatable bonds is 14. The molecule has 0 aliphatic rings. The molecule has 0 saturated heterocycles. The number of carbonyl (C=O) groups excluding carboxylic acids is 4. The summed E-state index contributed by atoms with van der Waals surface area (Å²) in [4.78, 5) is 45.6. The van der Waals surface area contributed by atoms with Crippen LogP contribution in [0.1, 0.15) is 13.8 Å². The van der Waals surface area contributed by atoms with Crippen molar-refractivity contribution in [1.82, 2.24) is 15.2 Å². The van der Waals surface area contributed by atoms with E-state index in [9.17, 15) is 19.2 Å². The zero-order valence-corrected chi connectivity index (χ0v) is 19.0. The number of imidazole rings is 1.